The van der Waals surface area contributed by atoms with Gasteiger partial charge in [0, 0.05) is 0 Å². The van der Waals surface area contributed by atoms with E-state index >= 15 is 0 Å². The molecule has 0 aromatic carbocycles. The molecule has 1 saturated heterocycles. The van der Waals surface area contributed by atoms with Crippen molar-refractivity contribution in [2.24, 2.45) is 5.73 Å². The SMILES string of the molecule is C#C[C@@]1(CO)CC[C@H](N)O1. The molecule has 0 spiro atoms. The Kier molecular flexibility index (Phi) is 1.95. The summed E-state index contributed by atoms with van der Waals surface area (Å²) in [5, 5.41) is 8.81. The predicted octanol–water partition coefficient (Wildman–Crippen LogP) is -0.554. The minimum absolute atomic E-state index is 0.142. The van der Waals surface area contributed by atoms with Gasteiger partial charge in [-0.1, -0.05) is 5.92 Å². The molecule has 1 rings (SSSR count). The van der Waals surface area contributed by atoms with E-state index in [4.69, 9.17) is 22.0 Å². The van der Waals surface area contributed by atoms with Crippen LogP contribution >= 0.6 is 0 Å². The Morgan fingerprint density at radius 1 is 1.90 bits per heavy atom. The zero-order valence-electron chi connectivity index (χ0n) is 5.71. The topological polar surface area (TPSA) is 55.5 Å². The molecule has 0 aliphatic carbocycles. The van der Waals surface area contributed by atoms with E-state index in [1.807, 2.05) is 0 Å². The molecular weight excluding hydrogens is 130 g/mol. The Morgan fingerprint density at radius 2 is 2.60 bits per heavy atom. The summed E-state index contributed by atoms with van der Waals surface area (Å²) in [4.78, 5) is 0. The average molecular weight is 141 g/mol. The minimum Gasteiger partial charge on any atom is -0.392 e. The Bertz CT molecular complexity index is 163. The standard InChI is InChI=1S/C7H11NO2/c1-2-7(5-9)4-3-6(8)10-7/h1,6,9H,3-5,8H2/t6-,7+/m1/s1. The molecule has 56 valence electrons. The summed E-state index contributed by atoms with van der Waals surface area (Å²) in [6.07, 6.45) is 6.23. The molecular formula is C7H11NO2. The molecule has 0 saturated carbocycles. The van der Waals surface area contributed by atoms with Gasteiger partial charge in [-0.2, -0.15) is 0 Å². The van der Waals surface area contributed by atoms with E-state index in [1.54, 1.807) is 0 Å². The number of aliphatic hydroxyl groups excluding tert-OH is 1. The second-order valence-electron chi connectivity index (χ2n) is 2.49. The van der Waals surface area contributed by atoms with Gasteiger partial charge in [0.05, 0.1) is 6.61 Å². The summed E-state index contributed by atoms with van der Waals surface area (Å²) in [5.41, 5.74) is 4.64. The monoisotopic (exact) mass is 141 g/mol. The molecule has 1 fully saturated rings. The molecule has 3 heteroatoms. The molecule has 10 heavy (non-hydrogen) atoms. The third kappa shape index (κ3) is 1.14. The second-order valence-corrected chi connectivity index (χ2v) is 2.49. The van der Waals surface area contributed by atoms with Crippen molar-refractivity contribution in [2.75, 3.05) is 6.61 Å². The van der Waals surface area contributed by atoms with Crippen LogP contribution < -0.4 is 5.73 Å². The molecule has 0 aromatic rings. The molecule has 0 amide bonds. The van der Waals surface area contributed by atoms with Crippen LogP contribution in [-0.4, -0.2) is 23.5 Å². The lowest BCUT2D eigenvalue weighted by Gasteiger charge is -2.18. The van der Waals surface area contributed by atoms with Crippen molar-refractivity contribution in [2.45, 2.75) is 24.7 Å². The van der Waals surface area contributed by atoms with E-state index in [9.17, 15) is 0 Å². The van der Waals surface area contributed by atoms with Gasteiger partial charge in [-0.3, -0.25) is 0 Å². The van der Waals surface area contributed by atoms with Gasteiger partial charge in [-0.05, 0) is 12.8 Å². The molecule has 0 radical (unpaired) electrons. The second kappa shape index (κ2) is 2.59. The number of terminal acetylenes is 1. The summed E-state index contributed by atoms with van der Waals surface area (Å²) in [7, 11) is 0. The van der Waals surface area contributed by atoms with Gasteiger partial charge in [0.1, 0.15) is 6.23 Å². The van der Waals surface area contributed by atoms with Crippen molar-refractivity contribution >= 4 is 0 Å². The summed E-state index contributed by atoms with van der Waals surface area (Å²) >= 11 is 0. The summed E-state index contributed by atoms with van der Waals surface area (Å²) in [6.45, 7) is -0.142. The Morgan fingerprint density at radius 3 is 2.80 bits per heavy atom. The number of rotatable bonds is 1. The van der Waals surface area contributed by atoms with Crippen LogP contribution in [0, 0.1) is 12.3 Å². The van der Waals surface area contributed by atoms with Crippen LogP contribution in [0.15, 0.2) is 0 Å². The van der Waals surface area contributed by atoms with Gasteiger partial charge in [-0.25, -0.2) is 0 Å². The van der Waals surface area contributed by atoms with E-state index in [2.05, 4.69) is 5.92 Å². The maximum atomic E-state index is 8.81. The highest BCUT2D eigenvalue weighted by Crippen LogP contribution is 2.26. The van der Waals surface area contributed by atoms with E-state index in [0.717, 1.165) is 6.42 Å². The fourth-order valence-electron chi connectivity index (χ4n) is 1.05. The molecule has 1 heterocycles. The summed E-state index contributed by atoms with van der Waals surface area (Å²) in [6, 6.07) is 0. The number of aliphatic hydroxyl groups is 1. The molecule has 3 N–H and O–H groups in total. The van der Waals surface area contributed by atoms with Gasteiger partial charge in [-0.15, -0.1) is 6.42 Å². The zero-order chi connectivity index (χ0) is 7.61. The van der Waals surface area contributed by atoms with Gasteiger partial charge in [0.2, 0.25) is 0 Å². The Balaban J connectivity index is 2.62. The zero-order valence-corrected chi connectivity index (χ0v) is 5.71. The normalized spacial score (nSPS) is 39.5. The van der Waals surface area contributed by atoms with Crippen LogP contribution in [0.4, 0.5) is 0 Å². The van der Waals surface area contributed by atoms with Crippen LogP contribution in [0.2, 0.25) is 0 Å². The van der Waals surface area contributed by atoms with Gasteiger partial charge in [0.15, 0.2) is 5.60 Å². The van der Waals surface area contributed by atoms with Crippen LogP contribution in [0.1, 0.15) is 12.8 Å². The van der Waals surface area contributed by atoms with Crippen molar-refractivity contribution < 1.29 is 9.84 Å². The highest BCUT2D eigenvalue weighted by Gasteiger charge is 2.36. The third-order valence-electron chi connectivity index (χ3n) is 1.73. The van der Waals surface area contributed by atoms with E-state index in [-0.39, 0.29) is 12.8 Å². The Labute approximate surface area is 60.2 Å². The van der Waals surface area contributed by atoms with Gasteiger partial charge in [0.25, 0.3) is 0 Å². The highest BCUT2D eigenvalue weighted by molar-refractivity contribution is 5.11. The lowest BCUT2D eigenvalue weighted by Crippen LogP contribution is -2.33. The molecule has 1 aliphatic heterocycles. The fourth-order valence-corrected chi connectivity index (χ4v) is 1.05. The molecule has 0 unspecified atom stereocenters. The molecule has 0 aromatic heterocycles. The minimum atomic E-state index is -0.792. The quantitative estimate of drug-likeness (QED) is 0.481. The van der Waals surface area contributed by atoms with Crippen LogP contribution in [-0.2, 0) is 4.74 Å². The Hall–Kier alpha value is -0.560. The fraction of sp³-hybridized carbons (Fsp3) is 0.714. The first-order valence-corrected chi connectivity index (χ1v) is 3.24. The first-order valence-electron chi connectivity index (χ1n) is 3.24. The summed E-state index contributed by atoms with van der Waals surface area (Å²) < 4.78 is 5.14. The van der Waals surface area contributed by atoms with Crippen LogP contribution in [0.25, 0.3) is 0 Å². The van der Waals surface area contributed by atoms with E-state index in [0.29, 0.717) is 6.42 Å². The van der Waals surface area contributed by atoms with Gasteiger partial charge < -0.3 is 15.6 Å². The molecule has 0 bridgehead atoms. The predicted molar refractivity (Wildman–Crippen MR) is 36.9 cm³/mol. The van der Waals surface area contributed by atoms with Crippen molar-refractivity contribution in [1.29, 1.82) is 0 Å². The maximum Gasteiger partial charge on any atom is 0.153 e. The van der Waals surface area contributed by atoms with Crippen molar-refractivity contribution in [3.05, 3.63) is 0 Å². The van der Waals surface area contributed by atoms with E-state index in [1.165, 1.54) is 0 Å². The van der Waals surface area contributed by atoms with Crippen molar-refractivity contribution in [1.82, 2.24) is 0 Å². The van der Waals surface area contributed by atoms with E-state index < -0.39 is 5.60 Å². The van der Waals surface area contributed by atoms with Crippen LogP contribution in [0.3, 0.4) is 0 Å². The largest absolute Gasteiger partial charge is 0.392 e. The van der Waals surface area contributed by atoms with Crippen molar-refractivity contribution in [3.8, 4) is 12.3 Å². The lowest BCUT2D eigenvalue weighted by molar-refractivity contribution is -0.0316. The third-order valence-corrected chi connectivity index (χ3v) is 1.73. The maximum absolute atomic E-state index is 8.81. The number of ether oxygens (including phenoxy) is 1. The molecule has 1 aliphatic rings. The number of nitrogens with two attached hydrogens (primary N) is 1. The summed E-state index contributed by atoms with van der Waals surface area (Å²) in [5.74, 6) is 2.41. The van der Waals surface area contributed by atoms with Gasteiger partial charge >= 0.3 is 0 Å². The molecule has 2 atom stereocenters. The lowest BCUT2D eigenvalue weighted by atomic mass is 10.0. The number of hydrogen-bond acceptors (Lipinski definition) is 3. The van der Waals surface area contributed by atoms with Crippen LogP contribution in [0.5, 0.6) is 0 Å². The first-order chi connectivity index (χ1) is 4.72. The van der Waals surface area contributed by atoms with Crippen molar-refractivity contribution in [3.63, 3.8) is 0 Å². The smallest absolute Gasteiger partial charge is 0.153 e. The first kappa shape index (κ1) is 7.55. The molecule has 3 nitrogen and oxygen atoms in total. The highest BCUT2D eigenvalue weighted by atomic mass is 16.5. The average Bonchev–Trinajstić information content (AvgIpc) is 2.33. The number of hydrogen-bond donors (Lipinski definition) is 2.